The summed E-state index contributed by atoms with van der Waals surface area (Å²) in [5.74, 6) is -1.23. The van der Waals surface area contributed by atoms with Crippen LogP contribution in [-0.4, -0.2) is 31.0 Å². The van der Waals surface area contributed by atoms with Crippen molar-refractivity contribution in [2.75, 3.05) is 19.1 Å². The number of carbonyl (C=O) groups excluding carboxylic acids is 2. The van der Waals surface area contributed by atoms with Crippen molar-refractivity contribution in [3.05, 3.63) is 95.3 Å². The van der Waals surface area contributed by atoms with Crippen molar-refractivity contribution in [3.8, 4) is 11.5 Å². The molecular formula is C25H20FNO5. The average molecular weight is 433 g/mol. The number of carbonyl (C=O) groups is 2. The summed E-state index contributed by atoms with van der Waals surface area (Å²) >= 11 is 0. The third-order valence-corrected chi connectivity index (χ3v) is 5.34. The number of Topliss-reactive ketones (excluding diaryl/α,β-unsaturated/α-hetero) is 1. The molecule has 0 spiro atoms. The summed E-state index contributed by atoms with van der Waals surface area (Å²) in [6, 6.07) is 17.6. The second-order valence-electron chi connectivity index (χ2n) is 7.15. The van der Waals surface area contributed by atoms with Gasteiger partial charge in [-0.05, 0) is 66.2 Å². The maximum absolute atomic E-state index is 13.6. The third kappa shape index (κ3) is 3.69. The largest absolute Gasteiger partial charge is 0.507 e. The first kappa shape index (κ1) is 21.1. The molecule has 1 saturated heterocycles. The van der Waals surface area contributed by atoms with Gasteiger partial charge < -0.3 is 14.6 Å². The van der Waals surface area contributed by atoms with E-state index in [-0.39, 0.29) is 11.3 Å². The fraction of sp³-hybridized carbons (Fsp3) is 0.120. The predicted octanol–water partition coefficient (Wildman–Crippen LogP) is 4.47. The summed E-state index contributed by atoms with van der Waals surface area (Å²) in [6.07, 6.45) is 0. The van der Waals surface area contributed by atoms with Crippen LogP contribution >= 0.6 is 0 Å². The zero-order valence-corrected chi connectivity index (χ0v) is 17.4. The lowest BCUT2D eigenvalue weighted by Crippen LogP contribution is -2.29. The smallest absolute Gasteiger partial charge is 0.300 e. The molecule has 162 valence electrons. The fourth-order valence-corrected chi connectivity index (χ4v) is 3.71. The van der Waals surface area contributed by atoms with E-state index in [1.54, 1.807) is 48.5 Å². The summed E-state index contributed by atoms with van der Waals surface area (Å²) in [5.41, 5.74) is 1.20. The van der Waals surface area contributed by atoms with Crippen LogP contribution in [0.25, 0.3) is 5.76 Å². The number of hydrogen-bond acceptors (Lipinski definition) is 5. The molecule has 1 atom stereocenters. The van der Waals surface area contributed by atoms with Crippen LogP contribution < -0.4 is 14.4 Å². The molecule has 4 rings (SSSR count). The fourth-order valence-electron chi connectivity index (χ4n) is 3.71. The second kappa shape index (κ2) is 8.55. The van der Waals surface area contributed by atoms with Gasteiger partial charge in [0.15, 0.2) is 0 Å². The Labute approximate surface area is 184 Å². The monoisotopic (exact) mass is 433 g/mol. The van der Waals surface area contributed by atoms with Crippen LogP contribution in [0.1, 0.15) is 17.2 Å². The van der Waals surface area contributed by atoms with Gasteiger partial charge in [-0.15, -0.1) is 0 Å². The molecule has 3 aromatic carbocycles. The lowest BCUT2D eigenvalue weighted by molar-refractivity contribution is -0.132. The number of anilines is 1. The van der Waals surface area contributed by atoms with Gasteiger partial charge in [-0.2, -0.15) is 0 Å². The minimum absolute atomic E-state index is 0.0809. The van der Waals surface area contributed by atoms with Crippen LogP contribution in [0.2, 0.25) is 0 Å². The van der Waals surface area contributed by atoms with Gasteiger partial charge in [0.2, 0.25) is 0 Å². The van der Waals surface area contributed by atoms with E-state index in [4.69, 9.17) is 9.47 Å². The van der Waals surface area contributed by atoms with Gasteiger partial charge in [-0.25, -0.2) is 4.39 Å². The van der Waals surface area contributed by atoms with Crippen molar-refractivity contribution in [2.24, 2.45) is 0 Å². The van der Waals surface area contributed by atoms with E-state index in [9.17, 15) is 19.1 Å². The molecule has 1 amide bonds. The number of benzene rings is 3. The molecular weight excluding hydrogens is 413 g/mol. The van der Waals surface area contributed by atoms with Gasteiger partial charge in [0, 0.05) is 11.3 Å². The van der Waals surface area contributed by atoms with E-state index in [0.29, 0.717) is 28.3 Å². The molecule has 0 aliphatic carbocycles. The van der Waals surface area contributed by atoms with Gasteiger partial charge in [-0.1, -0.05) is 12.1 Å². The van der Waals surface area contributed by atoms with E-state index in [0.717, 1.165) is 0 Å². The molecule has 7 heteroatoms. The molecule has 1 N–H and O–H groups in total. The number of nitrogens with zero attached hydrogens (tertiary/aromatic N) is 1. The molecule has 1 unspecified atom stereocenters. The van der Waals surface area contributed by atoms with Gasteiger partial charge in [0.1, 0.15) is 23.1 Å². The van der Waals surface area contributed by atoms with Gasteiger partial charge >= 0.3 is 0 Å². The van der Waals surface area contributed by atoms with Crippen molar-refractivity contribution >= 4 is 23.1 Å². The number of ketones is 1. The van der Waals surface area contributed by atoms with Gasteiger partial charge in [-0.3, -0.25) is 14.5 Å². The summed E-state index contributed by atoms with van der Waals surface area (Å²) in [6.45, 7) is 0. The van der Waals surface area contributed by atoms with Crippen molar-refractivity contribution in [1.29, 1.82) is 0 Å². The third-order valence-electron chi connectivity index (χ3n) is 5.34. The Kier molecular flexibility index (Phi) is 5.64. The van der Waals surface area contributed by atoms with Crippen molar-refractivity contribution in [3.63, 3.8) is 0 Å². The molecule has 0 bridgehead atoms. The number of methoxy groups -OCH3 is 2. The SMILES string of the molecule is COc1ccc(/C(O)=C2/C(=O)C(=O)N(c3ccc(OC)cc3)C2c2ccc(F)cc2)cc1. The van der Waals surface area contributed by atoms with E-state index in [1.165, 1.54) is 43.4 Å². The first-order chi connectivity index (χ1) is 15.4. The minimum atomic E-state index is -0.939. The minimum Gasteiger partial charge on any atom is -0.507 e. The van der Waals surface area contributed by atoms with Crippen LogP contribution in [0.15, 0.2) is 78.4 Å². The highest BCUT2D eigenvalue weighted by atomic mass is 19.1. The van der Waals surface area contributed by atoms with Crippen LogP contribution in [-0.2, 0) is 9.59 Å². The Morgan fingerprint density at radius 1 is 0.844 bits per heavy atom. The molecule has 3 aromatic rings. The van der Waals surface area contributed by atoms with Crippen LogP contribution in [0.4, 0.5) is 10.1 Å². The zero-order valence-electron chi connectivity index (χ0n) is 17.4. The Balaban J connectivity index is 1.89. The highest BCUT2D eigenvalue weighted by molar-refractivity contribution is 6.51. The standard InChI is InChI=1S/C25H20FNO5/c1-31-19-11-5-16(6-12-19)23(28)21-22(15-3-7-17(26)8-4-15)27(25(30)24(21)29)18-9-13-20(32-2)14-10-18/h3-14,22,28H,1-2H3/b23-21-. The maximum Gasteiger partial charge on any atom is 0.300 e. The average Bonchev–Trinajstić information content (AvgIpc) is 3.09. The topological polar surface area (TPSA) is 76.1 Å². The molecule has 6 nitrogen and oxygen atoms in total. The molecule has 1 aliphatic rings. The Morgan fingerprint density at radius 3 is 1.91 bits per heavy atom. The Hall–Kier alpha value is -4.13. The Bertz CT molecular complexity index is 1180. The first-order valence-corrected chi connectivity index (χ1v) is 9.79. The molecule has 32 heavy (non-hydrogen) atoms. The highest BCUT2D eigenvalue weighted by Gasteiger charge is 2.46. The summed E-state index contributed by atoms with van der Waals surface area (Å²) in [4.78, 5) is 27.4. The number of aliphatic hydroxyl groups excluding tert-OH is 1. The zero-order chi connectivity index (χ0) is 22.8. The van der Waals surface area contributed by atoms with Gasteiger partial charge in [0.05, 0.1) is 25.8 Å². The quantitative estimate of drug-likeness (QED) is 0.365. The number of rotatable bonds is 5. The predicted molar refractivity (Wildman–Crippen MR) is 117 cm³/mol. The molecule has 0 radical (unpaired) electrons. The number of halogens is 1. The summed E-state index contributed by atoms with van der Waals surface area (Å²) in [7, 11) is 3.04. The van der Waals surface area contributed by atoms with Crippen molar-refractivity contribution in [1.82, 2.24) is 0 Å². The van der Waals surface area contributed by atoms with Crippen LogP contribution in [0.5, 0.6) is 11.5 Å². The van der Waals surface area contributed by atoms with Crippen molar-refractivity contribution < 1.29 is 28.6 Å². The highest BCUT2D eigenvalue weighted by Crippen LogP contribution is 2.42. The molecule has 1 heterocycles. The van der Waals surface area contributed by atoms with Crippen LogP contribution in [0.3, 0.4) is 0 Å². The summed E-state index contributed by atoms with van der Waals surface area (Å²) < 4.78 is 23.9. The summed E-state index contributed by atoms with van der Waals surface area (Å²) in [5, 5.41) is 11.1. The lowest BCUT2D eigenvalue weighted by atomic mass is 9.95. The number of amides is 1. The first-order valence-electron chi connectivity index (χ1n) is 9.79. The number of aliphatic hydroxyl groups is 1. The molecule has 1 aliphatic heterocycles. The van der Waals surface area contributed by atoms with E-state index in [2.05, 4.69) is 0 Å². The van der Waals surface area contributed by atoms with Gasteiger partial charge in [0.25, 0.3) is 11.7 Å². The number of hydrogen-bond donors (Lipinski definition) is 1. The maximum atomic E-state index is 13.6. The van der Waals surface area contributed by atoms with E-state index < -0.39 is 23.5 Å². The molecule has 0 saturated carbocycles. The van der Waals surface area contributed by atoms with E-state index in [1.807, 2.05) is 0 Å². The molecule has 1 fully saturated rings. The lowest BCUT2D eigenvalue weighted by Gasteiger charge is -2.25. The van der Waals surface area contributed by atoms with Crippen LogP contribution in [0, 0.1) is 5.82 Å². The van der Waals surface area contributed by atoms with Crippen molar-refractivity contribution in [2.45, 2.75) is 6.04 Å². The Morgan fingerprint density at radius 2 is 1.38 bits per heavy atom. The normalized spacial score (nSPS) is 17.5. The number of ether oxygens (including phenoxy) is 2. The van der Waals surface area contributed by atoms with E-state index >= 15 is 0 Å². The molecule has 0 aromatic heterocycles. The second-order valence-corrected chi connectivity index (χ2v) is 7.15.